The number of fused-ring (bicyclic) bond motifs is 1. The van der Waals surface area contributed by atoms with Gasteiger partial charge in [0.2, 0.25) is 0 Å². The quantitative estimate of drug-likeness (QED) is 0.567. The smallest absolute Gasteiger partial charge is 0.271 e. The topological polar surface area (TPSA) is 81.2 Å². The summed E-state index contributed by atoms with van der Waals surface area (Å²) in [4.78, 5) is 14.0. The fourth-order valence-corrected chi connectivity index (χ4v) is 1.27. The van der Waals surface area contributed by atoms with Crippen LogP contribution in [0.25, 0.3) is 11.0 Å². The average Bonchev–Trinajstić information content (AvgIpc) is 2.59. The molecular weight excluding hydrogens is 186 g/mol. The van der Waals surface area contributed by atoms with Crippen molar-refractivity contribution in [1.29, 1.82) is 0 Å². The van der Waals surface area contributed by atoms with Gasteiger partial charge in [-0.1, -0.05) is 0 Å². The van der Waals surface area contributed by atoms with Crippen LogP contribution in [0.2, 0.25) is 0 Å². The molecule has 0 aliphatic rings. The summed E-state index contributed by atoms with van der Waals surface area (Å²) in [7, 11) is 0. The Bertz CT molecular complexity index is 492. The number of nitro benzene ring substituents is 1. The summed E-state index contributed by atoms with van der Waals surface area (Å²) < 4.78 is 1.43. The van der Waals surface area contributed by atoms with E-state index in [4.69, 9.17) is 5.11 Å². The largest absolute Gasteiger partial charge is 0.376 e. The number of hydrogen-bond acceptors (Lipinski definition) is 4. The van der Waals surface area contributed by atoms with Crippen molar-refractivity contribution in [3.8, 4) is 0 Å². The van der Waals surface area contributed by atoms with E-state index in [-0.39, 0.29) is 12.4 Å². The van der Waals surface area contributed by atoms with Crippen LogP contribution in [-0.4, -0.2) is 19.6 Å². The minimum atomic E-state index is -0.478. The molecule has 0 bridgehead atoms. The zero-order chi connectivity index (χ0) is 10.1. The molecule has 6 nitrogen and oxygen atoms in total. The lowest BCUT2D eigenvalue weighted by atomic mass is 10.3. The number of rotatable bonds is 2. The Morgan fingerprint density at radius 2 is 2.36 bits per heavy atom. The van der Waals surface area contributed by atoms with Crippen LogP contribution in [0, 0.1) is 10.1 Å². The van der Waals surface area contributed by atoms with Crippen LogP contribution < -0.4 is 0 Å². The highest BCUT2D eigenvalue weighted by molar-refractivity contribution is 5.77. The van der Waals surface area contributed by atoms with Crippen molar-refractivity contribution >= 4 is 16.7 Å². The van der Waals surface area contributed by atoms with E-state index >= 15 is 0 Å². The first-order valence-corrected chi connectivity index (χ1v) is 3.92. The maximum Gasteiger partial charge on any atom is 0.271 e. The van der Waals surface area contributed by atoms with Crippen LogP contribution >= 0.6 is 0 Å². The Hall–Kier alpha value is -1.95. The van der Waals surface area contributed by atoms with Crippen molar-refractivity contribution in [1.82, 2.24) is 9.55 Å². The van der Waals surface area contributed by atoms with Crippen LogP contribution in [0.5, 0.6) is 0 Å². The summed E-state index contributed by atoms with van der Waals surface area (Å²) >= 11 is 0. The number of hydrogen-bond donors (Lipinski definition) is 1. The Kier molecular flexibility index (Phi) is 1.90. The number of aromatic nitrogens is 2. The van der Waals surface area contributed by atoms with Gasteiger partial charge in [0.25, 0.3) is 5.69 Å². The molecule has 6 heteroatoms. The molecule has 1 aromatic carbocycles. The molecule has 0 fully saturated rings. The minimum Gasteiger partial charge on any atom is -0.376 e. The van der Waals surface area contributed by atoms with Crippen molar-refractivity contribution in [2.24, 2.45) is 0 Å². The number of aliphatic hydroxyl groups excluding tert-OH is 1. The average molecular weight is 193 g/mol. The third-order valence-corrected chi connectivity index (χ3v) is 1.97. The molecule has 0 aliphatic carbocycles. The van der Waals surface area contributed by atoms with Crippen LogP contribution in [-0.2, 0) is 6.73 Å². The van der Waals surface area contributed by atoms with Crippen molar-refractivity contribution < 1.29 is 10.0 Å². The molecule has 14 heavy (non-hydrogen) atoms. The zero-order valence-corrected chi connectivity index (χ0v) is 7.12. The maximum atomic E-state index is 10.5. The number of nitro groups is 1. The first-order valence-electron chi connectivity index (χ1n) is 3.92. The Labute approximate surface area is 78.6 Å². The van der Waals surface area contributed by atoms with Gasteiger partial charge in [-0.05, 0) is 6.07 Å². The van der Waals surface area contributed by atoms with E-state index in [1.165, 1.54) is 23.0 Å². The standard InChI is InChI=1S/C8H7N3O3/c12-5-10-4-9-7-2-1-6(11(13)14)3-8(7)10/h1-4,12H,5H2. The van der Waals surface area contributed by atoms with Gasteiger partial charge in [0, 0.05) is 12.1 Å². The van der Waals surface area contributed by atoms with E-state index in [9.17, 15) is 10.1 Å². The SMILES string of the molecule is O=[N+]([O-])c1ccc2ncn(CO)c2c1. The number of nitrogens with zero attached hydrogens (tertiary/aromatic N) is 3. The Balaban J connectivity index is 2.67. The minimum absolute atomic E-state index is 0.00676. The summed E-state index contributed by atoms with van der Waals surface area (Å²) in [5.74, 6) is 0. The van der Waals surface area contributed by atoms with Crippen LogP contribution in [0.4, 0.5) is 5.69 Å². The second-order valence-electron chi connectivity index (χ2n) is 2.79. The van der Waals surface area contributed by atoms with Gasteiger partial charge >= 0.3 is 0 Å². The molecule has 0 saturated carbocycles. The van der Waals surface area contributed by atoms with E-state index in [0.717, 1.165) is 0 Å². The van der Waals surface area contributed by atoms with E-state index in [1.807, 2.05) is 0 Å². The first-order chi connectivity index (χ1) is 6.72. The van der Waals surface area contributed by atoms with Crippen LogP contribution in [0.1, 0.15) is 0 Å². The van der Waals surface area contributed by atoms with Gasteiger partial charge < -0.3 is 9.67 Å². The Morgan fingerprint density at radius 1 is 1.57 bits per heavy atom. The van der Waals surface area contributed by atoms with Crippen LogP contribution in [0.3, 0.4) is 0 Å². The number of aliphatic hydroxyl groups is 1. The molecule has 0 atom stereocenters. The van der Waals surface area contributed by atoms with Gasteiger partial charge in [-0.15, -0.1) is 0 Å². The number of non-ortho nitro benzene ring substituents is 1. The van der Waals surface area contributed by atoms with E-state index in [0.29, 0.717) is 11.0 Å². The lowest BCUT2D eigenvalue weighted by Gasteiger charge is -1.97. The van der Waals surface area contributed by atoms with Crippen molar-refractivity contribution in [2.75, 3.05) is 0 Å². The molecule has 0 aliphatic heterocycles. The molecule has 2 rings (SSSR count). The normalized spacial score (nSPS) is 10.6. The monoisotopic (exact) mass is 193 g/mol. The van der Waals surface area contributed by atoms with E-state index in [1.54, 1.807) is 6.07 Å². The van der Waals surface area contributed by atoms with E-state index in [2.05, 4.69) is 4.98 Å². The van der Waals surface area contributed by atoms with Gasteiger partial charge in [0.1, 0.15) is 6.73 Å². The van der Waals surface area contributed by atoms with E-state index < -0.39 is 4.92 Å². The molecule has 2 aromatic rings. The van der Waals surface area contributed by atoms with Crippen molar-refractivity contribution in [2.45, 2.75) is 6.73 Å². The summed E-state index contributed by atoms with van der Waals surface area (Å²) in [6.07, 6.45) is 1.44. The lowest BCUT2D eigenvalue weighted by molar-refractivity contribution is -0.384. The molecule has 0 amide bonds. The summed E-state index contributed by atoms with van der Waals surface area (Å²) in [6, 6.07) is 4.33. The summed E-state index contributed by atoms with van der Waals surface area (Å²) in [5, 5.41) is 19.4. The Morgan fingerprint density at radius 3 is 3.00 bits per heavy atom. The maximum absolute atomic E-state index is 10.5. The molecule has 72 valence electrons. The molecule has 1 heterocycles. The zero-order valence-electron chi connectivity index (χ0n) is 7.12. The highest BCUT2D eigenvalue weighted by atomic mass is 16.6. The van der Waals surface area contributed by atoms with Gasteiger partial charge in [-0.25, -0.2) is 4.98 Å². The van der Waals surface area contributed by atoms with Crippen molar-refractivity contribution in [3.63, 3.8) is 0 Å². The molecule has 1 N–H and O–H groups in total. The summed E-state index contributed by atoms with van der Waals surface area (Å²) in [5.41, 5.74) is 1.18. The highest BCUT2D eigenvalue weighted by Crippen LogP contribution is 2.19. The number of imidazole rings is 1. The molecular formula is C8H7N3O3. The number of benzene rings is 1. The summed E-state index contributed by atoms with van der Waals surface area (Å²) in [6.45, 7) is -0.238. The third-order valence-electron chi connectivity index (χ3n) is 1.97. The van der Waals surface area contributed by atoms with Gasteiger partial charge in [0.15, 0.2) is 0 Å². The third kappa shape index (κ3) is 1.21. The van der Waals surface area contributed by atoms with Gasteiger partial charge in [-0.2, -0.15) is 0 Å². The molecule has 0 radical (unpaired) electrons. The van der Waals surface area contributed by atoms with Crippen LogP contribution in [0.15, 0.2) is 24.5 Å². The molecule has 0 spiro atoms. The predicted molar refractivity (Wildman–Crippen MR) is 48.6 cm³/mol. The second-order valence-corrected chi connectivity index (χ2v) is 2.79. The fourth-order valence-electron chi connectivity index (χ4n) is 1.27. The molecule has 1 aromatic heterocycles. The molecule has 0 saturated heterocycles. The lowest BCUT2D eigenvalue weighted by Crippen LogP contribution is -1.94. The first kappa shape index (κ1) is 8.64. The molecule has 0 unspecified atom stereocenters. The van der Waals surface area contributed by atoms with Crippen molar-refractivity contribution in [3.05, 3.63) is 34.6 Å². The fraction of sp³-hybridized carbons (Fsp3) is 0.125. The van der Waals surface area contributed by atoms with Gasteiger partial charge in [0.05, 0.1) is 22.3 Å². The van der Waals surface area contributed by atoms with Gasteiger partial charge in [-0.3, -0.25) is 10.1 Å². The highest BCUT2D eigenvalue weighted by Gasteiger charge is 2.09. The second kappa shape index (κ2) is 3.08. The predicted octanol–water partition coefficient (Wildman–Crippen LogP) is 0.894.